The average Bonchev–Trinajstić information content (AvgIpc) is 3.27. The van der Waals surface area contributed by atoms with Crippen LogP contribution in [-0.4, -0.2) is 42.7 Å². The molecule has 0 bridgehead atoms. The highest BCUT2D eigenvalue weighted by Gasteiger charge is 2.21. The normalized spacial score (nSPS) is 20.4. The van der Waals surface area contributed by atoms with Gasteiger partial charge in [0.05, 0.1) is 11.0 Å². The summed E-state index contributed by atoms with van der Waals surface area (Å²) in [6.07, 6.45) is 4.90. The fourth-order valence-corrected chi connectivity index (χ4v) is 5.17. The highest BCUT2D eigenvalue weighted by Crippen LogP contribution is 2.27. The maximum absolute atomic E-state index is 12.9. The first kappa shape index (κ1) is 14.7. The van der Waals surface area contributed by atoms with Gasteiger partial charge in [-0.1, -0.05) is 12.1 Å². The first-order valence-corrected chi connectivity index (χ1v) is 9.38. The molecule has 3 heterocycles. The molecule has 0 amide bonds. The molecule has 7 heteroatoms. The summed E-state index contributed by atoms with van der Waals surface area (Å²) in [5.74, 6) is 0. The molecule has 2 aliphatic heterocycles. The molecule has 2 saturated heterocycles. The van der Waals surface area contributed by atoms with Gasteiger partial charge in [-0.3, -0.25) is 0 Å². The van der Waals surface area contributed by atoms with Gasteiger partial charge in [-0.15, -0.1) is 0 Å². The highest BCUT2D eigenvalue weighted by atomic mass is 32.2. The lowest BCUT2D eigenvalue weighted by atomic mass is 10.3. The molecule has 0 spiro atoms. The number of para-hydroxylation sites is 2. The lowest BCUT2D eigenvalue weighted by Gasteiger charge is -2.13. The SMILES string of the molecule is O=c1n(SN2CCCC2)c2ccccc2n1SN1CCCC1. The van der Waals surface area contributed by atoms with Crippen LogP contribution in [0, 0.1) is 0 Å². The van der Waals surface area contributed by atoms with E-state index in [1.807, 2.05) is 32.2 Å². The molecule has 118 valence electrons. The van der Waals surface area contributed by atoms with Crippen LogP contribution in [0.2, 0.25) is 0 Å². The zero-order valence-corrected chi connectivity index (χ0v) is 14.1. The van der Waals surface area contributed by atoms with Crippen molar-refractivity contribution in [2.75, 3.05) is 26.2 Å². The van der Waals surface area contributed by atoms with Gasteiger partial charge in [0, 0.05) is 50.4 Å². The number of benzene rings is 1. The van der Waals surface area contributed by atoms with Crippen LogP contribution in [0.15, 0.2) is 29.1 Å². The Kier molecular flexibility index (Phi) is 4.21. The van der Waals surface area contributed by atoms with E-state index in [2.05, 4.69) is 8.61 Å². The zero-order valence-electron chi connectivity index (χ0n) is 12.5. The fraction of sp³-hybridized carbons (Fsp3) is 0.533. The third kappa shape index (κ3) is 2.71. The molecule has 0 radical (unpaired) electrons. The Hall–Kier alpha value is -0.890. The van der Waals surface area contributed by atoms with Gasteiger partial charge < -0.3 is 0 Å². The zero-order chi connectivity index (χ0) is 14.9. The molecular weight excluding hydrogens is 316 g/mol. The van der Waals surface area contributed by atoms with Crippen molar-refractivity contribution >= 4 is 35.3 Å². The van der Waals surface area contributed by atoms with Crippen LogP contribution in [0.1, 0.15) is 25.7 Å². The standard InChI is InChI=1S/C15H20N4OS2/c20-15-18(21-16-9-3-4-10-16)13-7-1-2-8-14(13)19(15)22-17-11-5-6-12-17/h1-2,7-8H,3-6,9-12H2. The summed E-state index contributed by atoms with van der Waals surface area (Å²) in [5.41, 5.74) is 2.09. The number of aromatic nitrogens is 2. The van der Waals surface area contributed by atoms with E-state index < -0.39 is 0 Å². The van der Waals surface area contributed by atoms with E-state index in [4.69, 9.17) is 0 Å². The predicted octanol–water partition coefficient (Wildman–Crippen LogP) is 2.82. The predicted molar refractivity (Wildman–Crippen MR) is 93.8 cm³/mol. The molecule has 0 aliphatic carbocycles. The van der Waals surface area contributed by atoms with Crippen molar-refractivity contribution in [1.29, 1.82) is 0 Å². The molecule has 0 unspecified atom stereocenters. The van der Waals surface area contributed by atoms with Gasteiger partial charge in [0.1, 0.15) is 0 Å². The monoisotopic (exact) mass is 336 g/mol. The van der Waals surface area contributed by atoms with Crippen molar-refractivity contribution in [2.45, 2.75) is 25.7 Å². The van der Waals surface area contributed by atoms with E-state index in [9.17, 15) is 4.79 Å². The van der Waals surface area contributed by atoms with Crippen molar-refractivity contribution in [2.24, 2.45) is 0 Å². The number of nitrogens with zero attached hydrogens (tertiary/aromatic N) is 4. The average molecular weight is 336 g/mol. The first-order valence-electron chi connectivity index (χ1n) is 7.92. The van der Waals surface area contributed by atoms with Crippen molar-refractivity contribution in [3.8, 4) is 0 Å². The molecule has 1 aromatic heterocycles. The highest BCUT2D eigenvalue weighted by molar-refractivity contribution is 7.96. The molecule has 1 aromatic carbocycles. The molecule has 0 N–H and O–H groups in total. The molecule has 2 aromatic rings. The van der Waals surface area contributed by atoms with Crippen molar-refractivity contribution in [1.82, 2.24) is 16.6 Å². The van der Waals surface area contributed by atoms with Gasteiger partial charge in [0.2, 0.25) is 0 Å². The van der Waals surface area contributed by atoms with E-state index in [1.165, 1.54) is 25.7 Å². The van der Waals surface area contributed by atoms with Gasteiger partial charge in [-0.2, -0.15) is 0 Å². The molecule has 5 nitrogen and oxygen atoms in total. The molecule has 0 saturated carbocycles. The fourth-order valence-electron chi connectivity index (χ4n) is 3.02. The molecule has 0 atom stereocenters. The lowest BCUT2D eigenvalue weighted by Crippen LogP contribution is -2.25. The Morgan fingerprint density at radius 1 is 0.727 bits per heavy atom. The molecule has 2 fully saturated rings. The summed E-state index contributed by atoms with van der Waals surface area (Å²) >= 11 is 3.14. The minimum Gasteiger partial charge on any atom is -0.246 e. The minimum atomic E-state index is 0.0648. The molecule has 2 aliphatic rings. The van der Waals surface area contributed by atoms with Crippen molar-refractivity contribution in [3.05, 3.63) is 34.7 Å². The second-order valence-corrected chi connectivity index (χ2v) is 7.89. The Labute approximate surface area is 138 Å². The number of rotatable bonds is 4. The van der Waals surface area contributed by atoms with Crippen LogP contribution in [-0.2, 0) is 0 Å². The lowest BCUT2D eigenvalue weighted by molar-refractivity contribution is 0.579. The third-order valence-electron chi connectivity index (χ3n) is 4.19. The van der Waals surface area contributed by atoms with E-state index in [0.717, 1.165) is 37.2 Å². The number of hydrogen-bond donors (Lipinski definition) is 0. The number of imidazole rings is 1. The Morgan fingerprint density at radius 3 is 1.55 bits per heavy atom. The summed E-state index contributed by atoms with van der Waals surface area (Å²) in [5, 5.41) is 0. The molecular formula is C15H20N4OS2. The molecule has 22 heavy (non-hydrogen) atoms. The Morgan fingerprint density at radius 2 is 1.14 bits per heavy atom. The largest absolute Gasteiger partial charge is 0.351 e. The van der Waals surface area contributed by atoms with Gasteiger partial charge in [-0.25, -0.2) is 21.3 Å². The number of fused-ring (bicyclic) bond motifs is 1. The maximum atomic E-state index is 12.9. The van der Waals surface area contributed by atoms with Crippen LogP contribution >= 0.6 is 24.3 Å². The van der Waals surface area contributed by atoms with E-state index in [0.29, 0.717) is 0 Å². The maximum Gasteiger partial charge on any atom is 0.351 e. The molecule has 4 rings (SSSR count). The third-order valence-corrected chi connectivity index (χ3v) is 6.42. The van der Waals surface area contributed by atoms with E-state index >= 15 is 0 Å². The first-order chi connectivity index (χ1) is 10.8. The quantitative estimate of drug-likeness (QED) is 0.802. The van der Waals surface area contributed by atoms with Crippen LogP contribution < -0.4 is 5.69 Å². The van der Waals surface area contributed by atoms with Crippen LogP contribution in [0.4, 0.5) is 0 Å². The second-order valence-electron chi connectivity index (χ2n) is 5.80. The smallest absolute Gasteiger partial charge is 0.246 e. The summed E-state index contributed by atoms with van der Waals surface area (Å²) in [7, 11) is 0. The number of hydrogen-bond acceptors (Lipinski definition) is 5. The van der Waals surface area contributed by atoms with E-state index in [1.54, 1.807) is 24.3 Å². The van der Waals surface area contributed by atoms with Gasteiger partial charge in [-0.05, 0) is 37.8 Å². The van der Waals surface area contributed by atoms with Crippen LogP contribution in [0.3, 0.4) is 0 Å². The minimum absolute atomic E-state index is 0.0648. The van der Waals surface area contributed by atoms with Crippen LogP contribution in [0.25, 0.3) is 11.0 Å². The van der Waals surface area contributed by atoms with Gasteiger partial charge >= 0.3 is 5.69 Å². The summed E-state index contributed by atoms with van der Waals surface area (Å²) in [4.78, 5) is 12.9. The second kappa shape index (κ2) is 6.31. The van der Waals surface area contributed by atoms with Crippen molar-refractivity contribution in [3.63, 3.8) is 0 Å². The summed E-state index contributed by atoms with van der Waals surface area (Å²) in [6.45, 7) is 4.26. The van der Waals surface area contributed by atoms with Gasteiger partial charge in [0.25, 0.3) is 0 Å². The van der Waals surface area contributed by atoms with Crippen molar-refractivity contribution < 1.29 is 0 Å². The summed E-state index contributed by atoms with van der Waals surface area (Å²) in [6, 6.07) is 8.10. The van der Waals surface area contributed by atoms with E-state index in [-0.39, 0.29) is 5.69 Å². The topological polar surface area (TPSA) is 33.4 Å². The summed E-state index contributed by atoms with van der Waals surface area (Å²) < 4.78 is 8.28. The Balaban J connectivity index is 1.72. The van der Waals surface area contributed by atoms with Gasteiger partial charge in [0.15, 0.2) is 0 Å². The Bertz CT molecular complexity index is 656. The van der Waals surface area contributed by atoms with Crippen LogP contribution in [0.5, 0.6) is 0 Å².